The van der Waals surface area contributed by atoms with Crippen molar-refractivity contribution in [3.05, 3.63) is 112 Å². The first-order valence-electron chi connectivity index (χ1n) is 14.2. The summed E-state index contributed by atoms with van der Waals surface area (Å²) < 4.78 is 38.1. The van der Waals surface area contributed by atoms with Crippen LogP contribution >= 0.6 is 11.6 Å². The minimum atomic E-state index is -3.24. The number of nitriles is 1. The Labute approximate surface area is 260 Å². The number of fused-ring (bicyclic) bond motifs is 1. The second-order valence-electron chi connectivity index (χ2n) is 11.1. The molecule has 1 unspecified atom stereocenters. The molecule has 4 aromatic rings. The van der Waals surface area contributed by atoms with Gasteiger partial charge >= 0.3 is 0 Å². The fourth-order valence-electron chi connectivity index (χ4n) is 5.30. The van der Waals surface area contributed by atoms with Gasteiger partial charge in [-0.05, 0) is 54.7 Å². The van der Waals surface area contributed by atoms with Gasteiger partial charge in [-0.3, -0.25) is 9.99 Å². The molecule has 0 spiro atoms. The molecule has 0 radical (unpaired) electrons. The molecule has 1 fully saturated rings. The second-order valence-corrected chi connectivity index (χ2v) is 13.8. The van der Waals surface area contributed by atoms with E-state index in [0.717, 1.165) is 29.7 Å². The summed E-state index contributed by atoms with van der Waals surface area (Å²) in [6.45, 7) is 0. The van der Waals surface area contributed by atoms with Gasteiger partial charge in [0.05, 0.1) is 45.3 Å². The molecule has 2 heterocycles. The number of pyridine rings is 1. The summed E-state index contributed by atoms with van der Waals surface area (Å²) in [6, 6.07) is 21.3. The molecule has 0 saturated heterocycles. The van der Waals surface area contributed by atoms with Gasteiger partial charge in [0, 0.05) is 35.8 Å². The van der Waals surface area contributed by atoms with Crippen LogP contribution in [0.2, 0.25) is 5.02 Å². The first-order chi connectivity index (χ1) is 21.2. The highest BCUT2D eigenvalue weighted by molar-refractivity contribution is 7.90. The predicted molar refractivity (Wildman–Crippen MR) is 171 cm³/mol. The molecule has 2 aliphatic rings. The molecule has 9 nitrogen and oxygen atoms in total. The van der Waals surface area contributed by atoms with Crippen LogP contribution in [0.1, 0.15) is 48.0 Å². The first kappa shape index (κ1) is 29.7. The number of halogens is 2. The summed E-state index contributed by atoms with van der Waals surface area (Å²) in [4.78, 5) is 4.48. The Morgan fingerprint density at radius 3 is 2.55 bits per heavy atom. The number of rotatable bonds is 11. The third-order valence-corrected chi connectivity index (χ3v) is 8.98. The Balaban J connectivity index is 1.41. The largest absolute Gasteiger partial charge is 0.377 e. The van der Waals surface area contributed by atoms with Crippen LogP contribution in [0, 0.1) is 17.1 Å². The smallest absolute Gasteiger partial charge is 0.147 e. The number of anilines is 2. The van der Waals surface area contributed by atoms with Crippen molar-refractivity contribution < 1.29 is 12.8 Å². The Hall–Kier alpha value is -4.37. The number of aromatic nitrogens is 1. The first-order valence-corrected chi connectivity index (χ1v) is 16.7. The molecule has 3 aromatic carbocycles. The molecule has 2 atom stereocenters. The molecule has 0 amide bonds. The van der Waals surface area contributed by atoms with Crippen LogP contribution < -0.4 is 21.6 Å². The average Bonchev–Trinajstić information content (AvgIpc) is 3.75. The van der Waals surface area contributed by atoms with Gasteiger partial charge in [-0.2, -0.15) is 5.26 Å². The molecule has 4 N–H and O–H groups in total. The van der Waals surface area contributed by atoms with E-state index in [1.165, 1.54) is 24.6 Å². The van der Waals surface area contributed by atoms with Gasteiger partial charge in [0.2, 0.25) is 0 Å². The van der Waals surface area contributed by atoms with E-state index in [1.54, 1.807) is 18.2 Å². The van der Waals surface area contributed by atoms with E-state index in [2.05, 4.69) is 32.6 Å². The maximum Gasteiger partial charge on any atom is 0.147 e. The van der Waals surface area contributed by atoms with E-state index < -0.39 is 21.9 Å². The Bertz CT molecular complexity index is 1860. The van der Waals surface area contributed by atoms with Crippen LogP contribution in [-0.2, 0) is 9.84 Å². The van der Waals surface area contributed by atoms with E-state index in [1.807, 2.05) is 47.6 Å². The molecule has 1 aliphatic carbocycles. The molecule has 44 heavy (non-hydrogen) atoms. The fourth-order valence-corrected chi connectivity index (χ4v) is 6.23. The van der Waals surface area contributed by atoms with E-state index in [9.17, 15) is 18.1 Å². The van der Waals surface area contributed by atoms with Crippen molar-refractivity contribution >= 4 is 43.7 Å². The zero-order valence-corrected chi connectivity index (χ0v) is 25.5. The van der Waals surface area contributed by atoms with Gasteiger partial charge < -0.3 is 16.1 Å². The van der Waals surface area contributed by atoms with Crippen molar-refractivity contribution in [2.24, 2.45) is 0 Å². The van der Waals surface area contributed by atoms with Crippen LogP contribution in [0.3, 0.4) is 0 Å². The van der Waals surface area contributed by atoms with Crippen molar-refractivity contribution in [2.45, 2.75) is 37.4 Å². The summed E-state index contributed by atoms with van der Waals surface area (Å²) >= 11 is 6.79. The van der Waals surface area contributed by atoms with Crippen molar-refractivity contribution in [1.29, 1.82) is 5.26 Å². The lowest BCUT2D eigenvalue weighted by Crippen LogP contribution is -2.38. The number of hydrazine groups is 2. The summed E-state index contributed by atoms with van der Waals surface area (Å²) in [6.07, 6.45) is 7.18. The number of nitrogens with zero attached hydrogens (tertiary/aromatic N) is 3. The van der Waals surface area contributed by atoms with E-state index in [-0.39, 0.29) is 11.6 Å². The summed E-state index contributed by atoms with van der Waals surface area (Å²) in [5, 5.41) is 20.1. The van der Waals surface area contributed by atoms with Crippen LogP contribution in [0.4, 0.5) is 15.8 Å². The van der Waals surface area contributed by atoms with Crippen molar-refractivity contribution in [1.82, 2.24) is 21.0 Å². The monoisotopic (exact) mass is 631 g/mol. The summed E-state index contributed by atoms with van der Waals surface area (Å²) in [7, 11) is -3.24. The number of benzene rings is 3. The Morgan fingerprint density at radius 1 is 1.11 bits per heavy atom. The van der Waals surface area contributed by atoms with Crippen LogP contribution in [-0.4, -0.2) is 36.5 Å². The second kappa shape index (κ2) is 12.3. The van der Waals surface area contributed by atoms with E-state index >= 15 is 0 Å². The predicted octanol–water partition coefficient (Wildman–Crippen LogP) is 5.97. The topological polar surface area (TPSA) is 122 Å². The molecule has 12 heteroatoms. The van der Waals surface area contributed by atoms with Gasteiger partial charge in [0.25, 0.3) is 0 Å². The van der Waals surface area contributed by atoms with E-state index in [4.69, 9.17) is 11.6 Å². The zero-order chi connectivity index (χ0) is 30.8. The normalized spacial score (nSPS) is 16.1. The fraction of sp³-hybridized carbons (Fsp3) is 0.250. The van der Waals surface area contributed by atoms with Gasteiger partial charge in [0.15, 0.2) is 0 Å². The molecule has 0 bridgehead atoms. The van der Waals surface area contributed by atoms with Crippen molar-refractivity contribution in [3.63, 3.8) is 0 Å². The number of hydrogen-bond donors (Lipinski definition) is 4. The average molecular weight is 632 g/mol. The highest BCUT2D eigenvalue weighted by atomic mass is 35.5. The van der Waals surface area contributed by atoms with Crippen molar-refractivity contribution in [3.8, 4) is 6.07 Å². The molecule has 1 aromatic heterocycles. The Kier molecular flexibility index (Phi) is 8.31. The summed E-state index contributed by atoms with van der Waals surface area (Å²) in [5.41, 5.74) is 10.9. The molecule has 1 aliphatic heterocycles. The lowest BCUT2D eigenvalue weighted by Gasteiger charge is -2.24. The SMILES string of the molecule is CS(=O)(=O)CC[C@@H](Nc1c(C#N)cnc2c(Cl)cc(NC(C3=CN(C4CC4)NN3)c3ccc(F)cc3)cc12)c1ccccc1. The Morgan fingerprint density at radius 2 is 1.86 bits per heavy atom. The van der Waals surface area contributed by atoms with E-state index in [0.29, 0.717) is 45.3 Å². The minimum Gasteiger partial charge on any atom is -0.377 e. The molecule has 226 valence electrons. The maximum atomic E-state index is 13.9. The lowest BCUT2D eigenvalue weighted by molar-refractivity contribution is 0.260. The van der Waals surface area contributed by atoms with Gasteiger partial charge in [-0.15, -0.1) is 5.53 Å². The summed E-state index contributed by atoms with van der Waals surface area (Å²) in [5.74, 6) is -0.368. The molecule has 6 rings (SSSR count). The van der Waals surface area contributed by atoms with Gasteiger partial charge in [0.1, 0.15) is 21.7 Å². The number of nitrogens with one attached hydrogen (secondary N) is 4. The minimum absolute atomic E-state index is 0.0363. The van der Waals surface area contributed by atoms with Crippen LogP contribution in [0.15, 0.2) is 84.8 Å². The third-order valence-electron chi connectivity index (χ3n) is 7.72. The number of sulfone groups is 1. The highest BCUT2D eigenvalue weighted by Crippen LogP contribution is 2.38. The molecule has 1 saturated carbocycles. The molecular formula is C32H31ClFN7O2S. The van der Waals surface area contributed by atoms with Crippen LogP contribution in [0.5, 0.6) is 0 Å². The zero-order valence-electron chi connectivity index (χ0n) is 23.9. The van der Waals surface area contributed by atoms with Crippen molar-refractivity contribution in [2.75, 3.05) is 22.6 Å². The van der Waals surface area contributed by atoms with Gasteiger partial charge in [-0.1, -0.05) is 54.1 Å². The highest BCUT2D eigenvalue weighted by Gasteiger charge is 2.32. The molecular weight excluding hydrogens is 601 g/mol. The van der Waals surface area contributed by atoms with Crippen LogP contribution in [0.25, 0.3) is 10.9 Å². The number of hydrogen-bond acceptors (Lipinski definition) is 9. The third kappa shape index (κ3) is 6.73. The van der Waals surface area contributed by atoms with Gasteiger partial charge in [-0.25, -0.2) is 12.8 Å². The lowest BCUT2D eigenvalue weighted by atomic mass is 10.0. The quantitative estimate of drug-likeness (QED) is 0.159. The maximum absolute atomic E-state index is 13.9. The standard InChI is InChI=1S/C32H31ClFN7O2S/c1-44(42,43)14-13-28(20-5-3-2-4-6-20)38-30-22(17-35)18-36-32-26(30)15-24(16-27(32)33)37-31(21-7-9-23(34)10-8-21)29-19-41(40-39-29)25-11-12-25/h2-10,15-16,18-19,25,28,31,37,39-40H,11-14H2,1H3,(H,36,38)/t28-,31?/m1/s1.